The number of nitro benzene ring substituents is 1. The van der Waals surface area contributed by atoms with Crippen LogP contribution < -0.4 is 10.1 Å². The summed E-state index contributed by atoms with van der Waals surface area (Å²) in [6, 6.07) is 9.60. The Morgan fingerprint density at radius 3 is 2.71 bits per heavy atom. The molecule has 2 aromatic carbocycles. The molecule has 0 aliphatic carbocycles. The molecule has 0 saturated heterocycles. The zero-order valence-electron chi connectivity index (χ0n) is 11.1. The minimum Gasteiger partial charge on any atom is -0.450 e. The summed E-state index contributed by atoms with van der Waals surface area (Å²) >= 11 is 9.31. The Labute approximate surface area is 135 Å². The van der Waals surface area contributed by atoms with Gasteiger partial charge in [-0.2, -0.15) is 0 Å². The minimum absolute atomic E-state index is 0.112. The molecular formula is C14H12BrClN2O3. The van der Waals surface area contributed by atoms with Crippen molar-refractivity contribution >= 4 is 33.2 Å². The predicted molar refractivity (Wildman–Crippen MR) is 85.1 cm³/mol. The maximum atomic E-state index is 11.0. The van der Waals surface area contributed by atoms with Crippen LogP contribution in [0.3, 0.4) is 0 Å². The second-order valence-corrected chi connectivity index (χ2v) is 5.55. The van der Waals surface area contributed by atoms with E-state index in [-0.39, 0.29) is 11.4 Å². The Kier molecular flexibility index (Phi) is 5.17. The average Bonchev–Trinajstić information content (AvgIpc) is 2.42. The maximum Gasteiger partial charge on any atom is 0.311 e. The van der Waals surface area contributed by atoms with Crippen molar-refractivity contribution < 1.29 is 9.66 Å². The fourth-order valence-electron chi connectivity index (χ4n) is 1.77. The van der Waals surface area contributed by atoms with Gasteiger partial charge in [-0.15, -0.1) is 0 Å². The molecule has 0 aliphatic rings. The first-order chi connectivity index (χ1) is 10.0. The molecule has 5 nitrogen and oxygen atoms in total. The second kappa shape index (κ2) is 6.89. The number of nitrogens with one attached hydrogen (secondary N) is 1. The van der Waals surface area contributed by atoms with Gasteiger partial charge in [0.15, 0.2) is 0 Å². The normalized spacial score (nSPS) is 10.4. The van der Waals surface area contributed by atoms with Gasteiger partial charge in [0.1, 0.15) is 5.75 Å². The Morgan fingerprint density at radius 2 is 2.10 bits per heavy atom. The molecule has 110 valence electrons. The summed E-state index contributed by atoms with van der Waals surface area (Å²) in [6.45, 7) is 0.707. The first-order valence-corrected chi connectivity index (χ1v) is 7.23. The highest BCUT2D eigenvalue weighted by molar-refractivity contribution is 9.10. The van der Waals surface area contributed by atoms with E-state index in [0.29, 0.717) is 17.3 Å². The highest BCUT2D eigenvalue weighted by Gasteiger charge is 2.16. The first kappa shape index (κ1) is 15.8. The van der Waals surface area contributed by atoms with Gasteiger partial charge in [-0.25, -0.2) is 0 Å². The van der Waals surface area contributed by atoms with Gasteiger partial charge in [0.25, 0.3) is 0 Å². The third-order valence-corrected chi connectivity index (χ3v) is 3.71. The number of ether oxygens (including phenoxy) is 1. The number of nitro groups is 1. The summed E-state index contributed by atoms with van der Waals surface area (Å²) in [6.07, 6.45) is 0. The molecule has 0 aliphatic heterocycles. The molecule has 0 heterocycles. The van der Waals surface area contributed by atoms with Crippen LogP contribution in [0.5, 0.6) is 11.5 Å². The monoisotopic (exact) mass is 370 g/mol. The summed E-state index contributed by atoms with van der Waals surface area (Å²) in [5, 5.41) is 14.4. The Morgan fingerprint density at radius 1 is 1.33 bits per heavy atom. The number of benzene rings is 2. The number of halogens is 2. The van der Waals surface area contributed by atoms with Gasteiger partial charge in [-0.1, -0.05) is 33.6 Å². The molecule has 2 rings (SSSR count). The highest BCUT2D eigenvalue weighted by atomic mass is 79.9. The van der Waals surface area contributed by atoms with Crippen molar-refractivity contribution in [2.75, 3.05) is 7.05 Å². The van der Waals surface area contributed by atoms with Crippen LogP contribution in [0.25, 0.3) is 0 Å². The van der Waals surface area contributed by atoms with Gasteiger partial charge in [-0.3, -0.25) is 10.1 Å². The van der Waals surface area contributed by atoms with E-state index in [1.807, 2.05) is 13.1 Å². The van der Waals surface area contributed by atoms with Crippen LogP contribution in [-0.4, -0.2) is 12.0 Å². The van der Waals surface area contributed by atoms with Crippen LogP contribution >= 0.6 is 27.5 Å². The Bertz CT molecular complexity index is 679. The molecule has 0 fully saturated rings. The van der Waals surface area contributed by atoms with E-state index in [1.54, 1.807) is 12.1 Å². The third-order valence-electron chi connectivity index (χ3n) is 2.74. The van der Waals surface area contributed by atoms with Gasteiger partial charge in [-0.05, 0) is 30.8 Å². The molecule has 0 atom stereocenters. The van der Waals surface area contributed by atoms with Crippen LogP contribution in [-0.2, 0) is 6.54 Å². The van der Waals surface area contributed by atoms with E-state index in [1.165, 1.54) is 18.2 Å². The van der Waals surface area contributed by atoms with E-state index in [9.17, 15) is 10.1 Å². The fraction of sp³-hybridized carbons (Fsp3) is 0.143. The molecule has 1 N–H and O–H groups in total. The molecule has 0 spiro atoms. The van der Waals surface area contributed by atoms with E-state index in [0.717, 1.165) is 10.0 Å². The van der Waals surface area contributed by atoms with Gasteiger partial charge in [0, 0.05) is 28.2 Å². The summed E-state index contributed by atoms with van der Waals surface area (Å²) in [5.74, 6) is 0.605. The van der Waals surface area contributed by atoms with E-state index in [4.69, 9.17) is 16.3 Å². The molecule has 0 unspecified atom stereocenters. The Balaban J connectivity index is 2.32. The number of rotatable bonds is 5. The Hall–Kier alpha value is -1.63. The van der Waals surface area contributed by atoms with Crippen LogP contribution in [0.4, 0.5) is 5.69 Å². The lowest BCUT2D eigenvalue weighted by Gasteiger charge is -2.09. The molecule has 0 amide bonds. The first-order valence-electron chi connectivity index (χ1n) is 6.06. The van der Waals surface area contributed by atoms with Gasteiger partial charge >= 0.3 is 5.69 Å². The van der Waals surface area contributed by atoms with Gasteiger partial charge in [0.05, 0.1) is 4.92 Å². The zero-order valence-corrected chi connectivity index (χ0v) is 13.4. The van der Waals surface area contributed by atoms with Crippen LogP contribution in [0.2, 0.25) is 5.02 Å². The second-order valence-electron chi connectivity index (χ2n) is 4.25. The van der Waals surface area contributed by atoms with E-state index < -0.39 is 4.92 Å². The lowest BCUT2D eigenvalue weighted by atomic mass is 10.2. The summed E-state index contributed by atoms with van der Waals surface area (Å²) in [4.78, 5) is 10.5. The van der Waals surface area contributed by atoms with E-state index >= 15 is 0 Å². The molecule has 0 saturated carbocycles. The highest BCUT2D eigenvalue weighted by Crippen LogP contribution is 2.35. The lowest BCUT2D eigenvalue weighted by Crippen LogP contribution is -2.05. The fourth-order valence-corrected chi connectivity index (χ4v) is 2.43. The molecule has 7 heteroatoms. The molecule has 21 heavy (non-hydrogen) atoms. The van der Waals surface area contributed by atoms with Crippen molar-refractivity contribution in [3.05, 3.63) is 61.6 Å². The van der Waals surface area contributed by atoms with Gasteiger partial charge < -0.3 is 10.1 Å². The van der Waals surface area contributed by atoms with Crippen molar-refractivity contribution in [1.29, 1.82) is 0 Å². The molecular weight excluding hydrogens is 360 g/mol. The number of nitrogens with zero attached hydrogens (tertiary/aromatic N) is 1. The van der Waals surface area contributed by atoms with Crippen molar-refractivity contribution in [2.45, 2.75) is 6.54 Å². The maximum absolute atomic E-state index is 11.0. The quantitative estimate of drug-likeness (QED) is 0.620. The van der Waals surface area contributed by atoms with Crippen LogP contribution in [0.15, 0.2) is 40.9 Å². The SMILES string of the molecule is CNCc1ccc(Oc2cc(Cl)ccc2[N+](=O)[O-])cc1Br. The minimum atomic E-state index is -0.504. The van der Waals surface area contributed by atoms with Gasteiger partial charge in [0.2, 0.25) is 5.75 Å². The topological polar surface area (TPSA) is 64.4 Å². The smallest absolute Gasteiger partial charge is 0.311 e. The standard InChI is InChI=1S/C14H12BrClN2O3/c1-17-8-9-2-4-11(7-12(9)15)21-14-6-10(16)3-5-13(14)18(19)20/h2-7,17H,8H2,1H3. The summed E-state index contributed by atoms with van der Waals surface area (Å²) in [7, 11) is 1.85. The number of hydrogen-bond acceptors (Lipinski definition) is 4. The van der Waals surface area contributed by atoms with E-state index in [2.05, 4.69) is 21.2 Å². The van der Waals surface area contributed by atoms with Crippen molar-refractivity contribution in [2.24, 2.45) is 0 Å². The summed E-state index contributed by atoms with van der Waals surface area (Å²) in [5.41, 5.74) is 0.931. The lowest BCUT2D eigenvalue weighted by molar-refractivity contribution is -0.385. The zero-order chi connectivity index (χ0) is 15.4. The predicted octanol–water partition coefficient (Wildman–Crippen LogP) is 4.52. The largest absolute Gasteiger partial charge is 0.450 e. The molecule has 0 bridgehead atoms. The van der Waals surface area contributed by atoms with Crippen LogP contribution in [0, 0.1) is 10.1 Å². The molecule has 2 aromatic rings. The van der Waals surface area contributed by atoms with Crippen LogP contribution in [0.1, 0.15) is 5.56 Å². The van der Waals surface area contributed by atoms with Crippen molar-refractivity contribution in [1.82, 2.24) is 5.32 Å². The number of hydrogen-bond donors (Lipinski definition) is 1. The molecule has 0 aromatic heterocycles. The summed E-state index contributed by atoms with van der Waals surface area (Å²) < 4.78 is 6.45. The van der Waals surface area contributed by atoms with Crippen molar-refractivity contribution in [3.8, 4) is 11.5 Å². The average molecular weight is 372 g/mol. The third kappa shape index (κ3) is 3.93. The molecule has 0 radical (unpaired) electrons. The van der Waals surface area contributed by atoms with Crippen molar-refractivity contribution in [3.63, 3.8) is 0 Å².